The monoisotopic (exact) mass is 369 g/mol. The third kappa shape index (κ3) is 5.29. The van der Waals surface area contributed by atoms with E-state index in [1.807, 2.05) is 72.8 Å². The molecule has 0 amide bonds. The van der Waals surface area contributed by atoms with Crippen molar-refractivity contribution >= 4 is 6.08 Å². The lowest BCUT2D eigenvalue weighted by Gasteiger charge is -2.28. The predicted molar refractivity (Wildman–Crippen MR) is 118 cm³/mol. The summed E-state index contributed by atoms with van der Waals surface area (Å²) < 4.78 is 0. The highest BCUT2D eigenvalue weighted by Gasteiger charge is 2.22. The molecule has 0 bridgehead atoms. The second-order valence-corrected chi connectivity index (χ2v) is 6.78. The molecule has 2 N–H and O–H groups in total. The minimum absolute atomic E-state index is 0.0162. The van der Waals surface area contributed by atoms with Crippen molar-refractivity contribution in [3.63, 3.8) is 0 Å². The van der Waals surface area contributed by atoms with Gasteiger partial charge in [-0.1, -0.05) is 109 Å². The van der Waals surface area contributed by atoms with Gasteiger partial charge in [0.2, 0.25) is 0 Å². The van der Waals surface area contributed by atoms with Crippen molar-refractivity contribution in [2.75, 3.05) is 6.61 Å². The summed E-state index contributed by atoms with van der Waals surface area (Å²) in [5.74, 6) is 0.0823. The Hall–Kier alpha value is -2.94. The molecule has 0 aliphatic rings. The Morgan fingerprint density at radius 2 is 1.32 bits per heavy atom. The van der Waals surface area contributed by atoms with E-state index in [1.54, 1.807) is 0 Å². The highest BCUT2D eigenvalue weighted by Crippen LogP contribution is 2.25. The topological polar surface area (TPSA) is 32.3 Å². The van der Waals surface area contributed by atoms with Crippen molar-refractivity contribution in [2.45, 2.75) is 18.0 Å². The summed E-state index contributed by atoms with van der Waals surface area (Å²) in [6.45, 7) is 4.11. The van der Waals surface area contributed by atoms with Crippen LogP contribution in [0.1, 0.15) is 28.7 Å². The van der Waals surface area contributed by atoms with Crippen LogP contribution < -0.4 is 5.32 Å². The zero-order chi connectivity index (χ0) is 19.6. The minimum atomic E-state index is -0.155. The van der Waals surface area contributed by atoms with Gasteiger partial charge in [0.25, 0.3) is 0 Å². The van der Waals surface area contributed by atoms with Crippen LogP contribution in [0.3, 0.4) is 0 Å². The first-order chi connectivity index (χ1) is 13.8. The van der Waals surface area contributed by atoms with E-state index in [4.69, 9.17) is 0 Å². The smallest absolute Gasteiger partial charge is 0.0626 e. The van der Waals surface area contributed by atoms with Crippen LogP contribution >= 0.6 is 0 Å². The van der Waals surface area contributed by atoms with Gasteiger partial charge in [0.1, 0.15) is 0 Å². The maximum absolute atomic E-state index is 10.0. The van der Waals surface area contributed by atoms with Gasteiger partial charge < -0.3 is 10.4 Å². The molecule has 0 saturated heterocycles. The predicted octanol–water partition coefficient (Wildman–Crippen LogP) is 5.36. The van der Waals surface area contributed by atoms with Crippen LogP contribution in [0, 0.1) is 0 Å². The van der Waals surface area contributed by atoms with E-state index in [9.17, 15) is 5.11 Å². The first-order valence-corrected chi connectivity index (χ1v) is 9.64. The van der Waals surface area contributed by atoms with Crippen LogP contribution in [-0.4, -0.2) is 17.8 Å². The van der Waals surface area contributed by atoms with Gasteiger partial charge in [-0.25, -0.2) is 0 Å². The van der Waals surface area contributed by atoms with Gasteiger partial charge in [0.15, 0.2) is 0 Å². The molecule has 0 aliphatic carbocycles. The van der Waals surface area contributed by atoms with Crippen molar-refractivity contribution in [3.8, 4) is 0 Å². The lowest BCUT2D eigenvalue weighted by atomic mass is 9.89. The van der Waals surface area contributed by atoms with Gasteiger partial charge in [-0.15, -0.1) is 6.58 Å². The van der Waals surface area contributed by atoms with Gasteiger partial charge in [-0.2, -0.15) is 0 Å². The highest BCUT2D eigenvalue weighted by atomic mass is 16.3. The molecule has 0 aliphatic heterocycles. The molecule has 0 saturated carbocycles. The molecular weight excluding hydrogens is 342 g/mol. The normalized spacial score (nSPS) is 14.5. The Morgan fingerprint density at radius 1 is 0.786 bits per heavy atom. The van der Waals surface area contributed by atoms with Gasteiger partial charge in [0.05, 0.1) is 12.6 Å². The third-order valence-corrected chi connectivity index (χ3v) is 4.90. The summed E-state index contributed by atoms with van der Waals surface area (Å²) in [6.07, 6.45) is 6.26. The van der Waals surface area contributed by atoms with E-state index in [-0.39, 0.29) is 24.6 Å². The molecule has 2 nitrogen and oxygen atoms in total. The molecule has 0 fully saturated rings. The molecule has 3 aromatic carbocycles. The average molecular weight is 370 g/mol. The lowest BCUT2D eigenvalue weighted by molar-refractivity contribution is 0.236. The Labute approximate surface area is 167 Å². The van der Waals surface area contributed by atoms with Gasteiger partial charge in [0, 0.05) is 12.0 Å². The van der Waals surface area contributed by atoms with Crippen molar-refractivity contribution in [1.29, 1.82) is 0 Å². The number of benzene rings is 3. The van der Waals surface area contributed by atoms with Crippen LogP contribution in [0.2, 0.25) is 0 Å². The van der Waals surface area contributed by atoms with E-state index in [0.29, 0.717) is 0 Å². The van der Waals surface area contributed by atoms with Gasteiger partial charge in [-0.3, -0.25) is 0 Å². The second-order valence-electron chi connectivity index (χ2n) is 6.78. The number of aliphatic hydroxyl groups is 1. The van der Waals surface area contributed by atoms with Crippen LogP contribution in [0.15, 0.2) is 110 Å². The minimum Gasteiger partial charge on any atom is -0.394 e. The molecular formula is C26H27NO. The number of hydrogen-bond donors (Lipinski definition) is 2. The molecule has 0 spiro atoms. The Morgan fingerprint density at radius 3 is 1.86 bits per heavy atom. The number of rotatable bonds is 9. The molecule has 3 atom stereocenters. The van der Waals surface area contributed by atoms with Gasteiger partial charge in [-0.05, 0) is 16.7 Å². The molecule has 28 heavy (non-hydrogen) atoms. The zero-order valence-corrected chi connectivity index (χ0v) is 16.0. The molecule has 142 valence electrons. The fourth-order valence-corrected chi connectivity index (χ4v) is 3.40. The summed E-state index contributed by atoms with van der Waals surface area (Å²) in [4.78, 5) is 0. The number of nitrogens with one attached hydrogen (secondary N) is 1. The van der Waals surface area contributed by atoms with E-state index in [1.165, 1.54) is 5.56 Å². The zero-order valence-electron chi connectivity index (χ0n) is 16.0. The molecule has 0 radical (unpaired) electrons. The number of aliphatic hydroxyl groups excluding tert-OH is 1. The summed E-state index contributed by atoms with van der Waals surface area (Å²) in [7, 11) is 0. The summed E-state index contributed by atoms with van der Waals surface area (Å²) in [5.41, 5.74) is 3.40. The summed E-state index contributed by atoms with van der Waals surface area (Å²) in [5, 5.41) is 13.7. The first kappa shape index (κ1) is 19.8. The van der Waals surface area contributed by atoms with E-state index < -0.39 is 0 Å². The van der Waals surface area contributed by atoms with Crippen LogP contribution in [0.25, 0.3) is 6.08 Å². The second kappa shape index (κ2) is 10.4. The highest BCUT2D eigenvalue weighted by molar-refractivity contribution is 5.50. The Bertz CT molecular complexity index is 859. The molecule has 0 heterocycles. The third-order valence-electron chi connectivity index (χ3n) is 4.90. The Balaban J connectivity index is 1.91. The standard InChI is InChI=1S/C26H27NO/c1-2-24(22-14-8-4-9-15-22)25(19-18-21-12-6-3-7-13-21)27-26(20-28)23-16-10-5-11-17-23/h2-19,24-28H,1,20H2/b19-18+/t24-,25+,26+/m1/s1. The molecule has 0 aromatic heterocycles. The lowest BCUT2D eigenvalue weighted by Crippen LogP contribution is -2.37. The van der Waals surface area contributed by atoms with Crippen molar-refractivity contribution < 1.29 is 5.11 Å². The van der Waals surface area contributed by atoms with Crippen LogP contribution in [0.4, 0.5) is 0 Å². The molecule has 3 aromatic rings. The first-order valence-electron chi connectivity index (χ1n) is 9.64. The van der Waals surface area contributed by atoms with Crippen LogP contribution in [-0.2, 0) is 0 Å². The molecule has 2 heteroatoms. The van der Waals surface area contributed by atoms with E-state index >= 15 is 0 Å². The quantitative estimate of drug-likeness (QED) is 0.498. The SMILES string of the molecule is C=C[C@H](c1ccccc1)[C@H](/C=C/c1ccccc1)N[C@@H](CO)c1ccccc1. The largest absolute Gasteiger partial charge is 0.394 e. The Kier molecular flexibility index (Phi) is 7.36. The fourth-order valence-electron chi connectivity index (χ4n) is 3.40. The average Bonchev–Trinajstić information content (AvgIpc) is 2.77. The van der Waals surface area contributed by atoms with Crippen LogP contribution in [0.5, 0.6) is 0 Å². The van der Waals surface area contributed by atoms with Crippen molar-refractivity contribution in [3.05, 3.63) is 126 Å². The van der Waals surface area contributed by atoms with E-state index in [0.717, 1.165) is 11.1 Å². The molecule has 3 rings (SSSR count). The van der Waals surface area contributed by atoms with Crippen molar-refractivity contribution in [2.24, 2.45) is 0 Å². The van der Waals surface area contributed by atoms with Gasteiger partial charge >= 0.3 is 0 Å². The summed E-state index contributed by atoms with van der Waals surface area (Å²) in [6, 6.07) is 30.5. The maximum Gasteiger partial charge on any atom is 0.0626 e. The maximum atomic E-state index is 10.0. The van der Waals surface area contributed by atoms with Crippen molar-refractivity contribution in [1.82, 2.24) is 5.32 Å². The summed E-state index contributed by atoms with van der Waals surface area (Å²) >= 11 is 0. The molecule has 0 unspecified atom stereocenters. The number of hydrogen-bond acceptors (Lipinski definition) is 2. The fraction of sp³-hybridized carbons (Fsp3) is 0.154. The van der Waals surface area contributed by atoms with E-state index in [2.05, 4.69) is 48.3 Å².